The maximum absolute atomic E-state index is 13.4. The Morgan fingerprint density at radius 3 is 2.86 bits per heavy atom. The second-order valence-corrected chi connectivity index (χ2v) is 7.83. The number of amides is 1. The molecule has 0 bridgehead atoms. The number of piperidine rings is 1. The number of hydrogen-bond donors (Lipinski definition) is 0. The third-order valence-electron chi connectivity index (χ3n) is 5.69. The van der Waals surface area contributed by atoms with Crippen molar-refractivity contribution in [2.45, 2.75) is 33.1 Å². The number of halogens is 1. The Balaban J connectivity index is 1.54. The maximum atomic E-state index is 13.4. The molecular formula is C22H31FN4O. The SMILES string of the molecule is CCN(C[C@@H]1CCCN(CCc2cccc(F)c2)C1)C(=O)c1cc(C)n(C)n1. The first-order valence-corrected chi connectivity index (χ1v) is 10.2. The third kappa shape index (κ3) is 5.19. The van der Waals surface area contributed by atoms with Crippen LogP contribution in [0.3, 0.4) is 0 Å². The average Bonchev–Trinajstić information content (AvgIpc) is 3.03. The smallest absolute Gasteiger partial charge is 0.274 e. The summed E-state index contributed by atoms with van der Waals surface area (Å²) in [4.78, 5) is 17.2. The van der Waals surface area contributed by atoms with E-state index in [2.05, 4.69) is 10.00 Å². The summed E-state index contributed by atoms with van der Waals surface area (Å²) >= 11 is 0. The number of nitrogens with zero attached hydrogens (tertiary/aromatic N) is 4. The van der Waals surface area contributed by atoms with Crippen LogP contribution in [0.15, 0.2) is 30.3 Å². The van der Waals surface area contributed by atoms with Gasteiger partial charge in [0.15, 0.2) is 5.69 Å². The van der Waals surface area contributed by atoms with Crippen LogP contribution in [0.4, 0.5) is 4.39 Å². The van der Waals surface area contributed by atoms with Crippen molar-refractivity contribution < 1.29 is 9.18 Å². The van der Waals surface area contributed by atoms with Crippen LogP contribution in [0, 0.1) is 18.7 Å². The number of aromatic nitrogens is 2. The molecule has 1 amide bonds. The minimum atomic E-state index is -0.170. The number of carbonyl (C=O) groups is 1. The summed E-state index contributed by atoms with van der Waals surface area (Å²) in [6, 6.07) is 8.72. The van der Waals surface area contributed by atoms with Crippen LogP contribution in [0.25, 0.3) is 0 Å². The van der Waals surface area contributed by atoms with E-state index in [0.29, 0.717) is 18.2 Å². The molecule has 0 spiro atoms. The first-order chi connectivity index (χ1) is 13.5. The van der Waals surface area contributed by atoms with Gasteiger partial charge in [-0.2, -0.15) is 5.10 Å². The minimum absolute atomic E-state index is 0.0167. The molecule has 1 aromatic heterocycles. The summed E-state index contributed by atoms with van der Waals surface area (Å²) in [6.45, 7) is 8.43. The lowest BCUT2D eigenvalue weighted by Gasteiger charge is -2.35. The molecule has 6 heteroatoms. The molecule has 2 heterocycles. The van der Waals surface area contributed by atoms with Gasteiger partial charge in [0.05, 0.1) is 0 Å². The molecule has 0 saturated carbocycles. The van der Waals surface area contributed by atoms with E-state index in [1.54, 1.807) is 16.8 Å². The van der Waals surface area contributed by atoms with E-state index >= 15 is 0 Å². The number of rotatable bonds is 7. The zero-order valence-corrected chi connectivity index (χ0v) is 17.2. The first kappa shape index (κ1) is 20.5. The second-order valence-electron chi connectivity index (χ2n) is 7.83. The molecule has 1 aromatic carbocycles. The Hall–Kier alpha value is -2.21. The fourth-order valence-electron chi connectivity index (χ4n) is 3.98. The van der Waals surface area contributed by atoms with Gasteiger partial charge in [-0.1, -0.05) is 12.1 Å². The third-order valence-corrected chi connectivity index (χ3v) is 5.69. The zero-order chi connectivity index (χ0) is 20.1. The quantitative estimate of drug-likeness (QED) is 0.733. The molecule has 0 N–H and O–H groups in total. The van der Waals surface area contributed by atoms with Crippen molar-refractivity contribution in [2.24, 2.45) is 13.0 Å². The van der Waals surface area contributed by atoms with Crippen molar-refractivity contribution in [2.75, 3.05) is 32.7 Å². The lowest BCUT2D eigenvalue weighted by Crippen LogP contribution is -2.43. The van der Waals surface area contributed by atoms with Gasteiger partial charge in [-0.25, -0.2) is 4.39 Å². The van der Waals surface area contributed by atoms with Crippen LogP contribution < -0.4 is 0 Å². The molecule has 0 aliphatic carbocycles. The second kappa shape index (κ2) is 9.32. The highest BCUT2D eigenvalue weighted by molar-refractivity contribution is 5.92. The normalized spacial score (nSPS) is 17.6. The van der Waals surface area contributed by atoms with Crippen molar-refractivity contribution in [1.82, 2.24) is 19.6 Å². The molecule has 0 radical (unpaired) electrons. The van der Waals surface area contributed by atoms with E-state index in [0.717, 1.165) is 56.7 Å². The van der Waals surface area contributed by atoms with Crippen molar-refractivity contribution >= 4 is 5.91 Å². The summed E-state index contributed by atoms with van der Waals surface area (Å²) in [5, 5.41) is 4.34. The molecule has 2 aromatic rings. The Labute approximate surface area is 167 Å². The molecular weight excluding hydrogens is 355 g/mol. The molecule has 3 rings (SSSR count). The predicted octanol–water partition coefficient (Wildman–Crippen LogP) is 3.28. The summed E-state index contributed by atoms with van der Waals surface area (Å²) in [6.07, 6.45) is 3.14. The topological polar surface area (TPSA) is 41.4 Å². The lowest BCUT2D eigenvalue weighted by molar-refractivity contribution is 0.0684. The molecule has 1 saturated heterocycles. The molecule has 1 aliphatic heterocycles. The van der Waals surface area contributed by atoms with Crippen LogP contribution >= 0.6 is 0 Å². The van der Waals surface area contributed by atoms with Gasteiger partial charge in [-0.3, -0.25) is 9.48 Å². The predicted molar refractivity (Wildman–Crippen MR) is 109 cm³/mol. The van der Waals surface area contributed by atoms with Crippen LogP contribution in [-0.2, 0) is 13.5 Å². The summed E-state index contributed by atoms with van der Waals surface area (Å²) < 4.78 is 15.1. The monoisotopic (exact) mass is 386 g/mol. The van der Waals surface area contributed by atoms with Gasteiger partial charge in [0.2, 0.25) is 0 Å². The highest BCUT2D eigenvalue weighted by atomic mass is 19.1. The van der Waals surface area contributed by atoms with Gasteiger partial charge in [-0.15, -0.1) is 0 Å². The molecule has 5 nitrogen and oxygen atoms in total. The number of hydrogen-bond acceptors (Lipinski definition) is 3. The fourth-order valence-corrected chi connectivity index (χ4v) is 3.98. The van der Waals surface area contributed by atoms with E-state index in [-0.39, 0.29) is 11.7 Å². The maximum Gasteiger partial charge on any atom is 0.274 e. The molecule has 28 heavy (non-hydrogen) atoms. The summed E-state index contributed by atoms with van der Waals surface area (Å²) in [5.41, 5.74) is 2.55. The number of aryl methyl sites for hydroxylation is 2. The Morgan fingerprint density at radius 1 is 1.36 bits per heavy atom. The highest BCUT2D eigenvalue weighted by Gasteiger charge is 2.25. The van der Waals surface area contributed by atoms with Crippen LogP contribution in [0.5, 0.6) is 0 Å². The largest absolute Gasteiger partial charge is 0.337 e. The zero-order valence-electron chi connectivity index (χ0n) is 17.2. The van der Waals surface area contributed by atoms with Gasteiger partial charge in [0.25, 0.3) is 5.91 Å². The van der Waals surface area contributed by atoms with Gasteiger partial charge >= 0.3 is 0 Å². The minimum Gasteiger partial charge on any atom is -0.337 e. The molecule has 1 fully saturated rings. The van der Waals surface area contributed by atoms with Crippen molar-refractivity contribution in [1.29, 1.82) is 0 Å². The van der Waals surface area contributed by atoms with E-state index in [4.69, 9.17) is 0 Å². The van der Waals surface area contributed by atoms with Gasteiger partial charge in [-0.05, 0) is 69.3 Å². The lowest BCUT2D eigenvalue weighted by atomic mass is 9.96. The average molecular weight is 387 g/mol. The summed E-state index contributed by atoms with van der Waals surface area (Å²) in [7, 11) is 1.86. The van der Waals surface area contributed by atoms with Gasteiger partial charge < -0.3 is 9.80 Å². The Bertz CT molecular complexity index is 784. The molecule has 0 unspecified atom stereocenters. The van der Waals surface area contributed by atoms with Gasteiger partial charge in [0, 0.05) is 38.9 Å². The Kier molecular flexibility index (Phi) is 6.83. The number of benzene rings is 1. The van der Waals surface area contributed by atoms with E-state index in [1.807, 2.05) is 37.9 Å². The molecule has 1 atom stereocenters. The van der Waals surface area contributed by atoms with E-state index in [1.165, 1.54) is 6.07 Å². The number of carbonyl (C=O) groups excluding carboxylic acids is 1. The van der Waals surface area contributed by atoms with Crippen molar-refractivity contribution in [3.05, 3.63) is 53.1 Å². The standard InChI is InChI=1S/C22H31FN4O/c1-4-27(22(28)21-13-17(2)25(3)24-21)16-19-8-6-11-26(15-19)12-10-18-7-5-9-20(23)14-18/h5,7,9,13-14,19H,4,6,8,10-12,15-16H2,1-3H3/t19-/m1/s1. The Morgan fingerprint density at radius 2 is 2.18 bits per heavy atom. The molecule has 1 aliphatic rings. The fraction of sp³-hybridized carbons (Fsp3) is 0.545. The van der Waals surface area contributed by atoms with Crippen molar-refractivity contribution in [3.63, 3.8) is 0 Å². The molecule has 152 valence electrons. The van der Waals surface area contributed by atoms with Crippen LogP contribution in [0.2, 0.25) is 0 Å². The van der Waals surface area contributed by atoms with Gasteiger partial charge in [0.1, 0.15) is 5.82 Å². The highest BCUT2D eigenvalue weighted by Crippen LogP contribution is 2.19. The van der Waals surface area contributed by atoms with E-state index in [9.17, 15) is 9.18 Å². The number of likely N-dealkylation sites (tertiary alicyclic amines) is 1. The summed E-state index contributed by atoms with van der Waals surface area (Å²) in [5.74, 6) is 0.314. The van der Waals surface area contributed by atoms with Crippen LogP contribution in [0.1, 0.15) is 41.5 Å². The van der Waals surface area contributed by atoms with Crippen LogP contribution in [-0.4, -0.2) is 58.2 Å². The van der Waals surface area contributed by atoms with E-state index < -0.39 is 0 Å². The van der Waals surface area contributed by atoms with Crippen molar-refractivity contribution in [3.8, 4) is 0 Å². The first-order valence-electron chi connectivity index (χ1n) is 10.2.